The molecule has 1 heterocycles. The average molecular weight is 356 g/mol. The highest BCUT2D eigenvalue weighted by molar-refractivity contribution is 8.04. The highest BCUT2D eigenvalue weighted by Gasteiger charge is 2.27. The molecule has 0 atom stereocenters. The van der Waals surface area contributed by atoms with E-state index in [9.17, 15) is 9.59 Å². The van der Waals surface area contributed by atoms with Crippen molar-refractivity contribution in [1.82, 2.24) is 4.90 Å². The van der Waals surface area contributed by atoms with Crippen molar-refractivity contribution < 1.29 is 19.1 Å². The Hall–Kier alpha value is -1.66. The molecule has 23 heavy (non-hydrogen) atoms. The van der Waals surface area contributed by atoms with E-state index in [0.29, 0.717) is 41.3 Å². The summed E-state index contributed by atoms with van der Waals surface area (Å²) in [5.74, 6) is 0.540. The molecule has 1 amide bonds. The van der Waals surface area contributed by atoms with Gasteiger partial charge in [0, 0.05) is 5.02 Å². The van der Waals surface area contributed by atoms with Crippen molar-refractivity contribution in [2.24, 2.45) is 0 Å². The normalized spacial score (nSPS) is 16.0. The maximum absolute atomic E-state index is 11.9. The number of halogens is 1. The van der Waals surface area contributed by atoms with Crippen molar-refractivity contribution in [3.8, 4) is 5.75 Å². The number of aryl methyl sites for hydroxylation is 1. The van der Waals surface area contributed by atoms with Crippen LogP contribution in [0.2, 0.25) is 5.02 Å². The van der Waals surface area contributed by atoms with E-state index in [4.69, 9.17) is 21.1 Å². The summed E-state index contributed by atoms with van der Waals surface area (Å²) >= 11 is 7.30. The Labute approximate surface area is 144 Å². The quantitative estimate of drug-likeness (QED) is 0.580. The van der Waals surface area contributed by atoms with Crippen LogP contribution in [0, 0.1) is 6.92 Å². The van der Waals surface area contributed by atoms with Crippen LogP contribution in [0.25, 0.3) is 0 Å². The lowest BCUT2D eigenvalue weighted by molar-refractivity contribution is -0.137. The molecule has 124 valence electrons. The van der Waals surface area contributed by atoms with Crippen LogP contribution < -0.4 is 4.74 Å². The fraction of sp³-hybridized carbons (Fsp3) is 0.375. The molecule has 1 aliphatic heterocycles. The van der Waals surface area contributed by atoms with Gasteiger partial charge in [-0.15, -0.1) is 0 Å². The van der Waals surface area contributed by atoms with E-state index < -0.39 is 5.97 Å². The van der Waals surface area contributed by atoms with Gasteiger partial charge in [-0.3, -0.25) is 4.79 Å². The van der Waals surface area contributed by atoms with Gasteiger partial charge in [-0.05, 0) is 37.6 Å². The van der Waals surface area contributed by atoms with Crippen LogP contribution in [0.1, 0.15) is 12.5 Å². The van der Waals surface area contributed by atoms with Gasteiger partial charge in [-0.1, -0.05) is 23.4 Å². The second-order valence-electron chi connectivity index (χ2n) is 4.83. The van der Waals surface area contributed by atoms with Crippen molar-refractivity contribution in [2.45, 2.75) is 13.8 Å². The van der Waals surface area contributed by atoms with Crippen molar-refractivity contribution in [2.75, 3.05) is 25.5 Å². The summed E-state index contributed by atoms with van der Waals surface area (Å²) < 4.78 is 10.5. The van der Waals surface area contributed by atoms with Crippen LogP contribution >= 0.6 is 23.4 Å². The van der Waals surface area contributed by atoms with E-state index in [1.165, 1.54) is 17.8 Å². The predicted molar refractivity (Wildman–Crippen MR) is 90.6 cm³/mol. The molecular weight excluding hydrogens is 338 g/mol. The van der Waals surface area contributed by atoms with Gasteiger partial charge in [0.15, 0.2) is 0 Å². The molecule has 1 aromatic carbocycles. The first-order chi connectivity index (χ1) is 11.0. The molecule has 2 rings (SSSR count). The number of ether oxygens (including phenoxy) is 2. The molecular formula is C16H18ClNO4S. The number of benzene rings is 1. The maximum atomic E-state index is 11.9. The van der Waals surface area contributed by atoms with E-state index in [2.05, 4.69) is 0 Å². The summed E-state index contributed by atoms with van der Waals surface area (Å²) in [5.41, 5.74) is 0.930. The minimum Gasteiger partial charge on any atom is -0.492 e. The van der Waals surface area contributed by atoms with Gasteiger partial charge in [0.05, 0.1) is 30.0 Å². The number of thioether (sulfide) groups is 1. The first-order valence-corrected chi connectivity index (χ1v) is 8.58. The summed E-state index contributed by atoms with van der Waals surface area (Å²) in [7, 11) is 0. The van der Waals surface area contributed by atoms with E-state index in [1.807, 2.05) is 13.0 Å². The molecule has 0 radical (unpaired) electrons. The zero-order chi connectivity index (χ0) is 16.8. The Kier molecular flexibility index (Phi) is 6.36. The molecule has 5 nitrogen and oxygen atoms in total. The average Bonchev–Trinajstić information content (AvgIpc) is 2.84. The van der Waals surface area contributed by atoms with E-state index in [0.717, 1.165) is 5.56 Å². The van der Waals surface area contributed by atoms with Crippen molar-refractivity contribution in [3.63, 3.8) is 0 Å². The van der Waals surface area contributed by atoms with Crippen molar-refractivity contribution in [3.05, 3.63) is 39.9 Å². The number of carbonyl (C=O) groups is 2. The SMILES string of the molecule is CCOC(=O)/C=C1\SCC(=O)N1CCOc1ccc(Cl)c(C)c1. The third-order valence-corrected chi connectivity index (χ3v) is 4.60. The fourth-order valence-electron chi connectivity index (χ4n) is 2.02. The summed E-state index contributed by atoms with van der Waals surface area (Å²) in [6.07, 6.45) is 1.35. The molecule has 1 fully saturated rings. The molecule has 1 aromatic rings. The van der Waals surface area contributed by atoms with Gasteiger partial charge in [-0.25, -0.2) is 4.79 Å². The Balaban J connectivity index is 1.93. The predicted octanol–water partition coefficient (Wildman–Crippen LogP) is 3.01. The maximum Gasteiger partial charge on any atom is 0.333 e. The second kappa shape index (κ2) is 8.26. The lowest BCUT2D eigenvalue weighted by Crippen LogP contribution is -2.29. The fourth-order valence-corrected chi connectivity index (χ4v) is 3.09. The number of hydrogen-bond acceptors (Lipinski definition) is 5. The van der Waals surface area contributed by atoms with Crippen LogP contribution in [-0.4, -0.2) is 42.3 Å². The van der Waals surface area contributed by atoms with Gasteiger partial charge < -0.3 is 14.4 Å². The summed E-state index contributed by atoms with van der Waals surface area (Å²) in [4.78, 5) is 25.0. The monoisotopic (exact) mass is 355 g/mol. The van der Waals surface area contributed by atoms with Gasteiger partial charge in [0.1, 0.15) is 12.4 Å². The molecule has 0 unspecified atom stereocenters. The topological polar surface area (TPSA) is 55.8 Å². The highest BCUT2D eigenvalue weighted by Crippen LogP contribution is 2.28. The lowest BCUT2D eigenvalue weighted by Gasteiger charge is -2.17. The Morgan fingerprint density at radius 1 is 1.48 bits per heavy atom. The molecule has 0 N–H and O–H groups in total. The molecule has 1 saturated heterocycles. The zero-order valence-electron chi connectivity index (χ0n) is 13.0. The van der Waals surface area contributed by atoms with E-state index in [-0.39, 0.29) is 5.91 Å². The van der Waals surface area contributed by atoms with E-state index in [1.54, 1.807) is 24.0 Å². The third kappa shape index (κ3) is 4.91. The summed E-state index contributed by atoms with van der Waals surface area (Å²) in [6, 6.07) is 5.40. The molecule has 0 bridgehead atoms. The molecule has 0 aliphatic carbocycles. The van der Waals surface area contributed by atoms with Crippen LogP contribution in [-0.2, 0) is 14.3 Å². The standard InChI is InChI=1S/C16H18ClNO4S/c1-3-21-16(20)9-15-18(14(19)10-23-15)6-7-22-12-4-5-13(17)11(2)8-12/h4-5,8-9H,3,6-7,10H2,1-2H3/b15-9-. The van der Waals surface area contributed by atoms with Gasteiger partial charge >= 0.3 is 5.97 Å². The third-order valence-electron chi connectivity index (χ3n) is 3.15. The largest absolute Gasteiger partial charge is 0.492 e. The number of amides is 1. The number of nitrogens with zero attached hydrogens (tertiary/aromatic N) is 1. The minimum absolute atomic E-state index is 0.0403. The minimum atomic E-state index is -0.441. The Morgan fingerprint density at radius 2 is 2.26 bits per heavy atom. The Morgan fingerprint density at radius 3 is 2.96 bits per heavy atom. The van der Waals surface area contributed by atoms with Crippen LogP contribution in [0.15, 0.2) is 29.3 Å². The van der Waals surface area contributed by atoms with E-state index >= 15 is 0 Å². The number of esters is 1. The number of rotatable bonds is 6. The molecule has 0 aromatic heterocycles. The first kappa shape index (κ1) is 17.7. The van der Waals surface area contributed by atoms with Crippen LogP contribution in [0.5, 0.6) is 5.75 Å². The van der Waals surface area contributed by atoms with Crippen molar-refractivity contribution in [1.29, 1.82) is 0 Å². The highest BCUT2D eigenvalue weighted by atomic mass is 35.5. The summed E-state index contributed by atoms with van der Waals surface area (Å²) in [5, 5.41) is 1.28. The van der Waals surface area contributed by atoms with Gasteiger partial charge in [0.2, 0.25) is 5.91 Å². The second-order valence-corrected chi connectivity index (χ2v) is 6.23. The number of carbonyl (C=O) groups excluding carboxylic acids is 2. The lowest BCUT2D eigenvalue weighted by atomic mass is 10.2. The molecule has 1 aliphatic rings. The molecule has 0 saturated carbocycles. The zero-order valence-corrected chi connectivity index (χ0v) is 14.6. The van der Waals surface area contributed by atoms with Crippen molar-refractivity contribution >= 4 is 35.2 Å². The molecule has 7 heteroatoms. The first-order valence-electron chi connectivity index (χ1n) is 7.22. The number of hydrogen-bond donors (Lipinski definition) is 0. The Bertz CT molecular complexity index is 633. The van der Waals surface area contributed by atoms with Crippen LogP contribution in [0.4, 0.5) is 0 Å². The summed E-state index contributed by atoms with van der Waals surface area (Å²) in [6.45, 7) is 4.64. The van der Waals surface area contributed by atoms with Crippen LogP contribution in [0.3, 0.4) is 0 Å². The van der Waals surface area contributed by atoms with Gasteiger partial charge in [0.25, 0.3) is 0 Å². The van der Waals surface area contributed by atoms with Gasteiger partial charge in [-0.2, -0.15) is 0 Å². The molecule has 0 spiro atoms. The smallest absolute Gasteiger partial charge is 0.333 e.